The largest absolute Gasteiger partial charge is 0.496 e. The Labute approximate surface area is 164 Å². The van der Waals surface area contributed by atoms with E-state index in [-0.39, 0.29) is 23.4 Å². The van der Waals surface area contributed by atoms with Gasteiger partial charge in [-0.2, -0.15) is 4.31 Å². The van der Waals surface area contributed by atoms with Gasteiger partial charge in [0, 0.05) is 19.1 Å². The fourth-order valence-electron chi connectivity index (χ4n) is 2.99. The minimum absolute atomic E-state index is 0.0440. The zero-order valence-electron chi connectivity index (χ0n) is 15.6. The summed E-state index contributed by atoms with van der Waals surface area (Å²) in [6.45, 7) is 0.578. The Morgan fingerprint density at radius 1 is 1.21 bits per heavy atom. The molecule has 0 saturated heterocycles. The van der Waals surface area contributed by atoms with Crippen LogP contribution in [0.4, 0.5) is 4.39 Å². The number of nitrogens with one attached hydrogen (secondary N) is 1. The van der Waals surface area contributed by atoms with Crippen LogP contribution in [0.15, 0.2) is 53.4 Å². The first kappa shape index (κ1) is 20.3. The summed E-state index contributed by atoms with van der Waals surface area (Å²) in [7, 11) is -2.27. The third kappa shape index (κ3) is 4.69. The van der Waals surface area contributed by atoms with E-state index in [1.54, 1.807) is 24.3 Å². The second-order valence-corrected chi connectivity index (χ2v) is 8.50. The molecule has 1 N–H and O–H groups in total. The first-order valence-electron chi connectivity index (χ1n) is 9.12. The molecule has 1 fully saturated rings. The predicted molar refractivity (Wildman–Crippen MR) is 103 cm³/mol. The van der Waals surface area contributed by atoms with E-state index < -0.39 is 15.8 Å². The lowest BCUT2D eigenvalue weighted by molar-refractivity contribution is 0.0949. The summed E-state index contributed by atoms with van der Waals surface area (Å²) in [4.78, 5) is 12.3. The molecule has 1 saturated carbocycles. The summed E-state index contributed by atoms with van der Waals surface area (Å²) in [5.74, 6) is -0.377. The van der Waals surface area contributed by atoms with Crippen molar-refractivity contribution in [3.8, 4) is 5.75 Å². The van der Waals surface area contributed by atoms with E-state index in [0.29, 0.717) is 24.3 Å². The van der Waals surface area contributed by atoms with Crippen LogP contribution in [-0.4, -0.2) is 44.9 Å². The van der Waals surface area contributed by atoms with Gasteiger partial charge in [-0.25, -0.2) is 12.8 Å². The molecule has 1 aliphatic rings. The van der Waals surface area contributed by atoms with Crippen molar-refractivity contribution in [1.82, 2.24) is 9.62 Å². The molecule has 28 heavy (non-hydrogen) atoms. The lowest BCUT2D eigenvalue weighted by Crippen LogP contribution is -2.36. The average molecular weight is 406 g/mol. The van der Waals surface area contributed by atoms with Crippen LogP contribution >= 0.6 is 0 Å². The minimum atomic E-state index is -3.76. The summed E-state index contributed by atoms with van der Waals surface area (Å²) >= 11 is 0. The summed E-state index contributed by atoms with van der Waals surface area (Å²) in [5, 5.41) is 2.79. The van der Waals surface area contributed by atoms with Crippen LogP contribution < -0.4 is 10.1 Å². The van der Waals surface area contributed by atoms with Gasteiger partial charge in [-0.05, 0) is 49.6 Å². The highest BCUT2D eigenvalue weighted by atomic mass is 32.2. The Morgan fingerprint density at radius 2 is 1.96 bits per heavy atom. The third-order valence-corrected chi connectivity index (χ3v) is 6.50. The van der Waals surface area contributed by atoms with Gasteiger partial charge < -0.3 is 10.1 Å². The molecular weight excluding hydrogens is 383 g/mol. The molecule has 0 aromatic heterocycles. The first-order chi connectivity index (χ1) is 13.4. The number of halogens is 1. The third-order valence-electron chi connectivity index (χ3n) is 4.55. The van der Waals surface area contributed by atoms with Gasteiger partial charge in [0.25, 0.3) is 5.91 Å². The maximum atomic E-state index is 13.5. The molecule has 2 aromatic carbocycles. The van der Waals surface area contributed by atoms with Gasteiger partial charge in [-0.3, -0.25) is 4.79 Å². The lowest BCUT2D eigenvalue weighted by atomic mass is 10.2. The summed E-state index contributed by atoms with van der Waals surface area (Å²) in [6, 6.07) is 11.9. The molecule has 0 heterocycles. The number of benzene rings is 2. The Morgan fingerprint density at radius 3 is 2.64 bits per heavy atom. The molecule has 6 nitrogen and oxygen atoms in total. The number of amides is 1. The normalized spacial score (nSPS) is 14.1. The molecule has 1 aliphatic carbocycles. The van der Waals surface area contributed by atoms with Crippen LogP contribution in [0.25, 0.3) is 0 Å². The number of carbonyl (C=O) groups is 1. The molecule has 150 valence electrons. The molecule has 8 heteroatoms. The number of hydrogen-bond donors (Lipinski definition) is 1. The number of methoxy groups -OCH3 is 1. The van der Waals surface area contributed by atoms with Gasteiger partial charge in [0.05, 0.1) is 17.6 Å². The predicted octanol–water partition coefficient (Wildman–Crippen LogP) is 2.81. The molecule has 0 unspecified atom stereocenters. The van der Waals surface area contributed by atoms with Gasteiger partial charge >= 0.3 is 0 Å². The number of rotatable bonds is 9. The maximum absolute atomic E-state index is 13.5. The summed E-state index contributed by atoms with van der Waals surface area (Å²) < 4.78 is 45.8. The van der Waals surface area contributed by atoms with Gasteiger partial charge in [0.15, 0.2) is 0 Å². The van der Waals surface area contributed by atoms with Crippen LogP contribution in [0.1, 0.15) is 29.6 Å². The van der Waals surface area contributed by atoms with Crippen molar-refractivity contribution in [2.45, 2.75) is 30.2 Å². The van der Waals surface area contributed by atoms with E-state index >= 15 is 0 Å². The van der Waals surface area contributed by atoms with E-state index in [2.05, 4.69) is 5.32 Å². The van der Waals surface area contributed by atoms with E-state index in [4.69, 9.17) is 4.74 Å². The van der Waals surface area contributed by atoms with Crippen molar-refractivity contribution in [2.75, 3.05) is 20.2 Å². The summed E-state index contributed by atoms with van der Waals surface area (Å²) in [5.41, 5.74) is 0.427. The van der Waals surface area contributed by atoms with Crippen LogP contribution in [0.2, 0.25) is 0 Å². The van der Waals surface area contributed by atoms with Crippen LogP contribution in [0.3, 0.4) is 0 Å². The van der Waals surface area contributed by atoms with E-state index in [0.717, 1.165) is 18.9 Å². The van der Waals surface area contributed by atoms with Crippen LogP contribution in [-0.2, 0) is 10.0 Å². The quantitative estimate of drug-likeness (QED) is 0.650. The topological polar surface area (TPSA) is 75.7 Å². The number of sulfonamides is 1. The van der Waals surface area contributed by atoms with Gasteiger partial charge in [0.2, 0.25) is 10.0 Å². The standard InChI is InChI=1S/C20H23FN2O4S/c1-27-19-9-3-2-8-18(19)20(24)22-12-5-13-23(16-10-11-16)28(25,26)17-7-4-6-15(21)14-17/h2-4,6-9,14,16H,5,10-13H2,1H3,(H,22,24). The number of para-hydroxylation sites is 1. The van der Waals surface area contributed by atoms with Crippen molar-refractivity contribution < 1.29 is 22.3 Å². The molecule has 0 aliphatic heterocycles. The SMILES string of the molecule is COc1ccccc1C(=O)NCCCN(C1CC1)S(=O)(=O)c1cccc(F)c1. The van der Waals surface area contributed by atoms with Crippen LogP contribution in [0.5, 0.6) is 5.75 Å². The minimum Gasteiger partial charge on any atom is -0.496 e. The van der Waals surface area contributed by atoms with E-state index in [9.17, 15) is 17.6 Å². The highest BCUT2D eigenvalue weighted by Crippen LogP contribution is 2.32. The lowest BCUT2D eigenvalue weighted by Gasteiger charge is -2.22. The van der Waals surface area contributed by atoms with Crippen LogP contribution in [0, 0.1) is 5.82 Å². The van der Waals surface area contributed by atoms with Gasteiger partial charge in [-0.1, -0.05) is 18.2 Å². The zero-order chi connectivity index (χ0) is 20.1. The maximum Gasteiger partial charge on any atom is 0.255 e. The monoisotopic (exact) mass is 406 g/mol. The Hall–Kier alpha value is -2.45. The van der Waals surface area contributed by atoms with Crippen molar-refractivity contribution in [2.24, 2.45) is 0 Å². The Balaban J connectivity index is 1.60. The number of nitrogens with zero attached hydrogens (tertiary/aromatic N) is 1. The highest BCUT2D eigenvalue weighted by Gasteiger charge is 2.37. The number of hydrogen-bond acceptors (Lipinski definition) is 4. The molecule has 1 amide bonds. The fourth-order valence-corrected chi connectivity index (χ4v) is 4.74. The molecule has 0 bridgehead atoms. The molecule has 2 aromatic rings. The average Bonchev–Trinajstić information content (AvgIpc) is 3.52. The zero-order valence-corrected chi connectivity index (χ0v) is 16.4. The second kappa shape index (κ2) is 8.70. The molecule has 3 rings (SSSR count). The van der Waals surface area contributed by atoms with Crippen molar-refractivity contribution in [3.63, 3.8) is 0 Å². The summed E-state index contributed by atoms with van der Waals surface area (Å²) in [6.07, 6.45) is 2.04. The van der Waals surface area contributed by atoms with E-state index in [1.165, 1.54) is 29.6 Å². The second-order valence-electron chi connectivity index (χ2n) is 6.61. The Kier molecular flexibility index (Phi) is 6.31. The van der Waals surface area contributed by atoms with Gasteiger partial charge in [-0.15, -0.1) is 0 Å². The van der Waals surface area contributed by atoms with Crippen molar-refractivity contribution >= 4 is 15.9 Å². The molecule has 0 radical (unpaired) electrons. The first-order valence-corrected chi connectivity index (χ1v) is 10.6. The van der Waals surface area contributed by atoms with Crippen molar-refractivity contribution in [3.05, 3.63) is 59.9 Å². The van der Waals surface area contributed by atoms with E-state index in [1.807, 2.05) is 0 Å². The smallest absolute Gasteiger partial charge is 0.255 e. The highest BCUT2D eigenvalue weighted by molar-refractivity contribution is 7.89. The molecule has 0 atom stereocenters. The van der Waals surface area contributed by atoms with Gasteiger partial charge in [0.1, 0.15) is 11.6 Å². The van der Waals surface area contributed by atoms with Crippen molar-refractivity contribution in [1.29, 1.82) is 0 Å². The number of ether oxygens (including phenoxy) is 1. The Bertz CT molecular complexity index is 945. The molecule has 0 spiro atoms. The number of carbonyl (C=O) groups excluding carboxylic acids is 1. The fraction of sp³-hybridized carbons (Fsp3) is 0.350. The molecular formula is C20H23FN2O4S.